The maximum atomic E-state index is 4.44. The van der Waals surface area contributed by atoms with Gasteiger partial charge in [0, 0.05) is 48.4 Å². The fourth-order valence-corrected chi connectivity index (χ4v) is 2.43. The van der Waals surface area contributed by atoms with Crippen LogP contribution in [-0.4, -0.2) is 28.4 Å². The molecule has 3 aromatic rings. The number of fused-ring (bicyclic) bond motifs is 1. The van der Waals surface area contributed by atoms with Crippen LogP contribution in [0.3, 0.4) is 0 Å². The molecular formula is C15H18N4. The predicted octanol–water partition coefficient (Wildman–Crippen LogP) is 2.33. The first-order valence-electron chi connectivity index (χ1n) is 6.53. The second kappa shape index (κ2) is 4.90. The van der Waals surface area contributed by atoms with Gasteiger partial charge in [-0.2, -0.15) is 5.10 Å². The summed E-state index contributed by atoms with van der Waals surface area (Å²) in [6.45, 7) is 0.956. The van der Waals surface area contributed by atoms with Gasteiger partial charge in [0.25, 0.3) is 0 Å². The number of hydrogen-bond donors (Lipinski definition) is 2. The molecule has 0 saturated heterocycles. The number of likely N-dealkylation sites (N-methyl/N-ethyl adjacent to an activating group) is 1. The molecular weight excluding hydrogens is 236 g/mol. The second-order valence-corrected chi connectivity index (χ2v) is 4.80. The Morgan fingerprint density at radius 2 is 2.16 bits per heavy atom. The van der Waals surface area contributed by atoms with Crippen LogP contribution in [-0.2, 0) is 13.5 Å². The largest absolute Gasteiger partial charge is 0.350 e. The lowest BCUT2D eigenvalue weighted by Crippen LogP contribution is -2.10. The zero-order valence-corrected chi connectivity index (χ0v) is 11.3. The SMILES string of the molecule is CNCCc1cc(-c2cn(C)c3ccccc23)n[nH]1. The van der Waals surface area contributed by atoms with Crippen molar-refractivity contribution in [3.05, 3.63) is 42.2 Å². The summed E-state index contributed by atoms with van der Waals surface area (Å²) >= 11 is 0. The van der Waals surface area contributed by atoms with E-state index < -0.39 is 0 Å². The molecule has 0 aliphatic rings. The second-order valence-electron chi connectivity index (χ2n) is 4.80. The molecule has 0 bridgehead atoms. The fraction of sp³-hybridized carbons (Fsp3) is 0.267. The number of nitrogens with zero attached hydrogens (tertiary/aromatic N) is 2. The summed E-state index contributed by atoms with van der Waals surface area (Å²) in [5.74, 6) is 0. The first kappa shape index (κ1) is 12.0. The molecule has 4 nitrogen and oxygen atoms in total. The van der Waals surface area contributed by atoms with E-state index in [-0.39, 0.29) is 0 Å². The number of aryl methyl sites for hydroxylation is 1. The van der Waals surface area contributed by atoms with Crippen LogP contribution in [0.2, 0.25) is 0 Å². The van der Waals surface area contributed by atoms with Crippen molar-refractivity contribution in [3.63, 3.8) is 0 Å². The smallest absolute Gasteiger partial charge is 0.0945 e. The number of aromatic amines is 1. The molecule has 0 unspecified atom stereocenters. The Morgan fingerprint density at radius 3 is 3.00 bits per heavy atom. The quantitative estimate of drug-likeness (QED) is 0.750. The van der Waals surface area contributed by atoms with Gasteiger partial charge in [-0.1, -0.05) is 18.2 Å². The van der Waals surface area contributed by atoms with Gasteiger partial charge in [-0.25, -0.2) is 0 Å². The molecule has 0 radical (unpaired) electrons. The molecule has 3 rings (SSSR count). The molecule has 0 spiro atoms. The van der Waals surface area contributed by atoms with E-state index in [1.54, 1.807) is 0 Å². The standard InChI is InChI=1S/C15H18N4/c1-16-8-7-11-9-14(18-17-11)13-10-19(2)15-6-4-3-5-12(13)15/h3-6,9-10,16H,7-8H2,1-2H3,(H,17,18). The van der Waals surface area contributed by atoms with Crippen LogP contribution < -0.4 is 5.32 Å². The van der Waals surface area contributed by atoms with Crippen LogP contribution in [0.15, 0.2) is 36.5 Å². The van der Waals surface area contributed by atoms with E-state index in [2.05, 4.69) is 63.7 Å². The molecule has 98 valence electrons. The van der Waals surface area contributed by atoms with E-state index in [1.165, 1.54) is 16.5 Å². The number of nitrogens with one attached hydrogen (secondary N) is 2. The van der Waals surface area contributed by atoms with Crippen molar-refractivity contribution >= 4 is 10.9 Å². The highest BCUT2D eigenvalue weighted by molar-refractivity contribution is 5.95. The number of para-hydroxylation sites is 1. The molecule has 0 saturated carbocycles. The number of H-pyrrole nitrogens is 1. The summed E-state index contributed by atoms with van der Waals surface area (Å²) in [6.07, 6.45) is 3.11. The van der Waals surface area contributed by atoms with Crippen LogP contribution in [0.5, 0.6) is 0 Å². The lowest BCUT2D eigenvalue weighted by molar-refractivity contribution is 0.772. The number of aromatic nitrogens is 3. The van der Waals surface area contributed by atoms with E-state index >= 15 is 0 Å². The third kappa shape index (κ3) is 2.15. The predicted molar refractivity (Wildman–Crippen MR) is 78.1 cm³/mol. The Balaban J connectivity index is 2.02. The van der Waals surface area contributed by atoms with Gasteiger partial charge in [0.1, 0.15) is 0 Å². The monoisotopic (exact) mass is 254 g/mol. The van der Waals surface area contributed by atoms with Crippen LogP contribution >= 0.6 is 0 Å². The van der Waals surface area contributed by atoms with E-state index in [1.807, 2.05) is 7.05 Å². The van der Waals surface area contributed by atoms with Crippen LogP contribution in [0.4, 0.5) is 0 Å². The van der Waals surface area contributed by atoms with Gasteiger partial charge in [0.05, 0.1) is 5.69 Å². The maximum Gasteiger partial charge on any atom is 0.0945 e. The van der Waals surface area contributed by atoms with E-state index in [0.29, 0.717) is 0 Å². The molecule has 2 aromatic heterocycles. The summed E-state index contributed by atoms with van der Waals surface area (Å²) < 4.78 is 2.15. The normalized spacial score (nSPS) is 11.3. The molecule has 19 heavy (non-hydrogen) atoms. The highest BCUT2D eigenvalue weighted by Crippen LogP contribution is 2.28. The maximum absolute atomic E-state index is 4.44. The van der Waals surface area contributed by atoms with E-state index in [0.717, 1.165) is 24.4 Å². The van der Waals surface area contributed by atoms with Crippen LogP contribution in [0.25, 0.3) is 22.2 Å². The Morgan fingerprint density at radius 1 is 1.32 bits per heavy atom. The Hall–Kier alpha value is -2.07. The van der Waals surface area contributed by atoms with Crippen molar-refractivity contribution in [2.75, 3.05) is 13.6 Å². The lowest BCUT2D eigenvalue weighted by atomic mass is 10.1. The van der Waals surface area contributed by atoms with Crippen molar-refractivity contribution in [1.29, 1.82) is 0 Å². The van der Waals surface area contributed by atoms with Gasteiger partial charge in [-0.3, -0.25) is 5.10 Å². The molecule has 2 N–H and O–H groups in total. The summed E-state index contributed by atoms with van der Waals surface area (Å²) in [5.41, 5.74) is 4.60. The lowest BCUT2D eigenvalue weighted by Gasteiger charge is -1.94. The average molecular weight is 254 g/mol. The number of benzene rings is 1. The van der Waals surface area contributed by atoms with Crippen LogP contribution in [0.1, 0.15) is 5.69 Å². The summed E-state index contributed by atoms with van der Waals surface area (Å²) in [4.78, 5) is 0. The molecule has 0 aliphatic carbocycles. The van der Waals surface area contributed by atoms with Crippen molar-refractivity contribution in [2.24, 2.45) is 7.05 Å². The number of rotatable bonds is 4. The molecule has 2 heterocycles. The third-order valence-electron chi connectivity index (χ3n) is 3.45. The van der Waals surface area contributed by atoms with Crippen molar-refractivity contribution in [1.82, 2.24) is 20.1 Å². The highest BCUT2D eigenvalue weighted by atomic mass is 15.1. The fourth-order valence-electron chi connectivity index (χ4n) is 2.43. The van der Waals surface area contributed by atoms with Crippen molar-refractivity contribution in [3.8, 4) is 11.3 Å². The molecule has 0 fully saturated rings. The van der Waals surface area contributed by atoms with E-state index in [9.17, 15) is 0 Å². The molecule has 0 atom stereocenters. The molecule has 0 aliphatic heterocycles. The minimum Gasteiger partial charge on any atom is -0.350 e. The van der Waals surface area contributed by atoms with Crippen molar-refractivity contribution in [2.45, 2.75) is 6.42 Å². The van der Waals surface area contributed by atoms with Gasteiger partial charge in [-0.05, 0) is 19.2 Å². The summed E-state index contributed by atoms with van der Waals surface area (Å²) in [7, 11) is 4.03. The van der Waals surface area contributed by atoms with Gasteiger partial charge in [0.15, 0.2) is 0 Å². The molecule has 4 heteroatoms. The van der Waals surface area contributed by atoms with Gasteiger partial charge in [0.2, 0.25) is 0 Å². The zero-order chi connectivity index (χ0) is 13.2. The third-order valence-corrected chi connectivity index (χ3v) is 3.45. The van der Waals surface area contributed by atoms with Gasteiger partial charge < -0.3 is 9.88 Å². The highest BCUT2D eigenvalue weighted by Gasteiger charge is 2.10. The number of hydrogen-bond acceptors (Lipinski definition) is 2. The molecule has 1 aromatic carbocycles. The van der Waals surface area contributed by atoms with E-state index in [4.69, 9.17) is 0 Å². The minimum atomic E-state index is 0.956. The van der Waals surface area contributed by atoms with Crippen molar-refractivity contribution < 1.29 is 0 Å². The summed E-state index contributed by atoms with van der Waals surface area (Å²) in [5, 5.41) is 11.9. The first-order chi connectivity index (χ1) is 9.29. The topological polar surface area (TPSA) is 45.6 Å². The first-order valence-corrected chi connectivity index (χ1v) is 6.53. The van der Waals surface area contributed by atoms with Gasteiger partial charge >= 0.3 is 0 Å². The summed E-state index contributed by atoms with van der Waals surface area (Å²) in [6, 6.07) is 10.6. The Kier molecular flexibility index (Phi) is 3.09. The minimum absolute atomic E-state index is 0.956. The van der Waals surface area contributed by atoms with Gasteiger partial charge in [-0.15, -0.1) is 0 Å². The Bertz CT molecular complexity index is 693. The van der Waals surface area contributed by atoms with Crippen LogP contribution in [0, 0.1) is 0 Å². The average Bonchev–Trinajstić information content (AvgIpc) is 3.02. The zero-order valence-electron chi connectivity index (χ0n) is 11.3. The Labute approximate surface area is 112 Å². The molecule has 0 amide bonds.